The predicted octanol–water partition coefficient (Wildman–Crippen LogP) is 3.62. The highest BCUT2D eigenvalue weighted by molar-refractivity contribution is 5.78. The highest BCUT2D eigenvalue weighted by Gasteiger charge is 2.49. The standard InChI is InChI=1S/C22H36O6/c1-28-20(24)16-10-9-15-18(12-6-4-2-3-5-11-17-23)22(27,21(25)26)19-13-7-8-14-19/h6,9-10,12,18-19,23,27H,2-5,7-8,11,13-17H2,1H3,(H,25,26)/t18-,22+/m1/s1. The van der Waals surface area contributed by atoms with E-state index in [4.69, 9.17) is 5.11 Å². The van der Waals surface area contributed by atoms with Crippen LogP contribution in [0, 0.1) is 11.8 Å². The molecule has 160 valence electrons. The van der Waals surface area contributed by atoms with Gasteiger partial charge in [0.15, 0.2) is 5.60 Å². The summed E-state index contributed by atoms with van der Waals surface area (Å²) in [5, 5.41) is 29.8. The van der Waals surface area contributed by atoms with Crippen molar-refractivity contribution in [1.29, 1.82) is 0 Å². The Kier molecular flexibility index (Phi) is 11.8. The van der Waals surface area contributed by atoms with Crippen molar-refractivity contribution < 1.29 is 29.6 Å². The van der Waals surface area contributed by atoms with Gasteiger partial charge < -0.3 is 20.1 Å². The summed E-state index contributed by atoms with van der Waals surface area (Å²) in [6, 6.07) is 0. The van der Waals surface area contributed by atoms with E-state index >= 15 is 0 Å². The Morgan fingerprint density at radius 1 is 1.11 bits per heavy atom. The molecular formula is C22H36O6. The van der Waals surface area contributed by atoms with Crippen LogP contribution in [0.25, 0.3) is 0 Å². The number of carboxylic acid groups (broad SMARTS) is 1. The molecule has 2 atom stereocenters. The van der Waals surface area contributed by atoms with Gasteiger partial charge in [-0.15, -0.1) is 0 Å². The molecule has 0 unspecified atom stereocenters. The van der Waals surface area contributed by atoms with Crippen LogP contribution in [0.15, 0.2) is 24.3 Å². The van der Waals surface area contributed by atoms with Crippen LogP contribution in [0.3, 0.4) is 0 Å². The maximum absolute atomic E-state index is 12.0. The number of aliphatic hydroxyl groups excluding tert-OH is 1. The summed E-state index contributed by atoms with van der Waals surface area (Å²) in [6.45, 7) is 0.211. The lowest BCUT2D eigenvalue weighted by atomic mass is 9.74. The Bertz CT molecular complexity index is 521. The number of carboxylic acids is 1. The molecular weight excluding hydrogens is 360 g/mol. The van der Waals surface area contributed by atoms with Gasteiger partial charge in [-0.25, -0.2) is 4.79 Å². The van der Waals surface area contributed by atoms with Crippen molar-refractivity contribution in [3.63, 3.8) is 0 Å². The Morgan fingerprint density at radius 2 is 1.79 bits per heavy atom. The molecule has 0 radical (unpaired) electrons. The van der Waals surface area contributed by atoms with Crippen LogP contribution in [0.4, 0.5) is 0 Å². The van der Waals surface area contributed by atoms with Gasteiger partial charge in [0, 0.05) is 12.5 Å². The fourth-order valence-electron chi connectivity index (χ4n) is 3.90. The zero-order valence-electron chi connectivity index (χ0n) is 17.0. The third kappa shape index (κ3) is 7.76. The molecule has 6 nitrogen and oxygen atoms in total. The van der Waals surface area contributed by atoms with Gasteiger partial charge in [0.05, 0.1) is 13.5 Å². The largest absolute Gasteiger partial charge is 0.479 e. The second-order valence-electron chi connectivity index (χ2n) is 7.56. The second kappa shape index (κ2) is 13.5. The van der Waals surface area contributed by atoms with Gasteiger partial charge in [-0.2, -0.15) is 0 Å². The maximum atomic E-state index is 12.0. The Hall–Kier alpha value is -1.66. The van der Waals surface area contributed by atoms with Crippen molar-refractivity contribution in [2.45, 2.75) is 76.2 Å². The number of aliphatic hydroxyl groups is 2. The van der Waals surface area contributed by atoms with Gasteiger partial charge in [0.1, 0.15) is 0 Å². The molecule has 0 heterocycles. The van der Waals surface area contributed by atoms with E-state index in [0.29, 0.717) is 6.42 Å². The van der Waals surface area contributed by atoms with E-state index in [1.165, 1.54) is 7.11 Å². The van der Waals surface area contributed by atoms with Gasteiger partial charge in [0.25, 0.3) is 0 Å². The minimum absolute atomic E-state index is 0.132. The summed E-state index contributed by atoms with van der Waals surface area (Å²) in [4.78, 5) is 23.3. The molecule has 3 N–H and O–H groups in total. The molecule has 1 aliphatic rings. The number of hydrogen-bond donors (Lipinski definition) is 3. The minimum atomic E-state index is -1.79. The molecule has 0 aliphatic heterocycles. The van der Waals surface area contributed by atoms with Crippen LogP contribution < -0.4 is 0 Å². The van der Waals surface area contributed by atoms with Crippen LogP contribution in [0.5, 0.6) is 0 Å². The SMILES string of the molecule is COC(=O)CC=CC[C@@H](C=CCCCCCCO)[C@@](O)(C(=O)O)C1CCCC1. The summed E-state index contributed by atoms with van der Waals surface area (Å²) in [5.41, 5.74) is -1.79. The maximum Gasteiger partial charge on any atom is 0.336 e. The van der Waals surface area contributed by atoms with Gasteiger partial charge in [-0.1, -0.05) is 50.0 Å². The fourth-order valence-corrected chi connectivity index (χ4v) is 3.90. The summed E-state index contributed by atoms with van der Waals surface area (Å²) in [7, 11) is 1.32. The van der Waals surface area contributed by atoms with Gasteiger partial charge in [-0.3, -0.25) is 4.79 Å². The quantitative estimate of drug-likeness (QED) is 0.235. The molecule has 0 aromatic rings. The first-order valence-corrected chi connectivity index (χ1v) is 10.4. The van der Waals surface area contributed by atoms with Crippen LogP contribution in [0.2, 0.25) is 0 Å². The first kappa shape index (κ1) is 24.4. The summed E-state index contributed by atoms with van der Waals surface area (Å²) < 4.78 is 4.60. The van der Waals surface area contributed by atoms with Crippen LogP contribution in [-0.4, -0.2) is 46.6 Å². The lowest BCUT2D eigenvalue weighted by Crippen LogP contribution is -2.50. The summed E-state index contributed by atoms with van der Waals surface area (Å²) in [6.07, 6.45) is 15.6. The number of carbonyl (C=O) groups is 2. The molecule has 6 heteroatoms. The molecule has 28 heavy (non-hydrogen) atoms. The predicted molar refractivity (Wildman–Crippen MR) is 108 cm³/mol. The number of esters is 1. The number of methoxy groups -OCH3 is 1. The highest BCUT2D eigenvalue weighted by atomic mass is 16.5. The minimum Gasteiger partial charge on any atom is -0.479 e. The van der Waals surface area contributed by atoms with Crippen LogP contribution in [0.1, 0.15) is 70.6 Å². The smallest absolute Gasteiger partial charge is 0.336 e. The monoisotopic (exact) mass is 396 g/mol. The highest BCUT2D eigenvalue weighted by Crippen LogP contribution is 2.40. The van der Waals surface area contributed by atoms with E-state index in [-0.39, 0.29) is 24.9 Å². The van der Waals surface area contributed by atoms with Gasteiger partial charge in [-0.05, 0) is 44.4 Å². The summed E-state index contributed by atoms with van der Waals surface area (Å²) >= 11 is 0. The van der Waals surface area contributed by atoms with E-state index in [1.807, 2.05) is 12.2 Å². The number of ether oxygens (including phenoxy) is 1. The Morgan fingerprint density at radius 3 is 2.39 bits per heavy atom. The second-order valence-corrected chi connectivity index (χ2v) is 7.56. The molecule has 0 spiro atoms. The molecule has 0 bridgehead atoms. The van der Waals surface area contributed by atoms with Crippen LogP contribution >= 0.6 is 0 Å². The van der Waals surface area contributed by atoms with E-state index in [0.717, 1.165) is 57.8 Å². The van der Waals surface area contributed by atoms with E-state index in [9.17, 15) is 19.8 Å². The molecule has 0 aromatic heterocycles. The molecule has 0 aromatic carbocycles. The number of allylic oxidation sites excluding steroid dienone is 2. The van der Waals surface area contributed by atoms with Crippen molar-refractivity contribution in [3.8, 4) is 0 Å². The average molecular weight is 397 g/mol. The van der Waals surface area contributed by atoms with E-state index in [2.05, 4.69) is 4.74 Å². The third-order valence-corrected chi connectivity index (χ3v) is 5.60. The fraction of sp³-hybridized carbons (Fsp3) is 0.727. The Balaban J connectivity index is 2.79. The van der Waals surface area contributed by atoms with Crippen molar-refractivity contribution >= 4 is 11.9 Å². The number of hydrogen-bond acceptors (Lipinski definition) is 5. The molecule has 1 aliphatic carbocycles. The summed E-state index contributed by atoms with van der Waals surface area (Å²) in [5.74, 6) is -2.31. The molecule has 0 amide bonds. The normalized spacial score (nSPS) is 18.5. The van der Waals surface area contributed by atoms with Gasteiger partial charge in [0.2, 0.25) is 0 Å². The molecule has 0 saturated heterocycles. The Labute approximate surface area is 168 Å². The average Bonchev–Trinajstić information content (AvgIpc) is 3.23. The number of rotatable bonds is 14. The van der Waals surface area contributed by atoms with Crippen molar-refractivity contribution in [1.82, 2.24) is 0 Å². The first-order chi connectivity index (χ1) is 13.5. The van der Waals surface area contributed by atoms with Crippen molar-refractivity contribution in [3.05, 3.63) is 24.3 Å². The third-order valence-electron chi connectivity index (χ3n) is 5.60. The number of aliphatic carboxylic acids is 1. The van der Waals surface area contributed by atoms with Gasteiger partial charge >= 0.3 is 11.9 Å². The zero-order chi connectivity index (χ0) is 20.8. The van der Waals surface area contributed by atoms with E-state index in [1.54, 1.807) is 12.2 Å². The van der Waals surface area contributed by atoms with Crippen molar-refractivity contribution in [2.75, 3.05) is 13.7 Å². The molecule has 1 fully saturated rings. The lowest BCUT2D eigenvalue weighted by molar-refractivity contribution is -0.170. The number of unbranched alkanes of at least 4 members (excludes halogenated alkanes) is 4. The number of carbonyl (C=O) groups excluding carboxylic acids is 1. The molecule has 1 rings (SSSR count). The zero-order valence-corrected chi connectivity index (χ0v) is 17.0. The van der Waals surface area contributed by atoms with Crippen molar-refractivity contribution in [2.24, 2.45) is 11.8 Å². The topological polar surface area (TPSA) is 104 Å². The lowest BCUT2D eigenvalue weighted by Gasteiger charge is -2.35. The van der Waals surface area contributed by atoms with E-state index < -0.39 is 17.5 Å². The van der Waals surface area contributed by atoms with Crippen LogP contribution in [-0.2, 0) is 14.3 Å². The molecule has 1 saturated carbocycles. The first-order valence-electron chi connectivity index (χ1n) is 10.4.